The number of nitrogens with one attached hydrogen (secondary N) is 1. The van der Waals surface area contributed by atoms with Gasteiger partial charge in [-0.25, -0.2) is 8.78 Å². The quantitative estimate of drug-likeness (QED) is 0.769. The second-order valence-corrected chi connectivity index (χ2v) is 3.61. The molecule has 0 saturated heterocycles. The molecular weight excluding hydrogens is 230 g/mol. The van der Waals surface area contributed by atoms with Gasteiger partial charge in [0.05, 0.1) is 18.3 Å². The van der Waals surface area contributed by atoms with Crippen LogP contribution in [0.4, 0.5) is 8.78 Å². The van der Waals surface area contributed by atoms with Gasteiger partial charge in [-0.3, -0.25) is 9.48 Å². The van der Waals surface area contributed by atoms with Gasteiger partial charge in [-0.2, -0.15) is 5.10 Å². The summed E-state index contributed by atoms with van der Waals surface area (Å²) in [7, 11) is 0. The SMILES string of the molecule is Cc1c(C(=O)NCC(F)F)cnn1CCCN. The molecule has 5 nitrogen and oxygen atoms in total. The molecule has 0 aromatic carbocycles. The first-order valence-electron chi connectivity index (χ1n) is 5.35. The number of amides is 1. The van der Waals surface area contributed by atoms with Gasteiger partial charge in [-0.05, 0) is 19.9 Å². The fourth-order valence-electron chi connectivity index (χ4n) is 1.40. The van der Waals surface area contributed by atoms with Crippen LogP contribution in [0.25, 0.3) is 0 Å². The van der Waals surface area contributed by atoms with Crippen LogP contribution < -0.4 is 11.1 Å². The van der Waals surface area contributed by atoms with Crippen molar-refractivity contribution in [1.82, 2.24) is 15.1 Å². The standard InChI is InChI=1S/C10H16F2N4O/c1-7-8(10(17)14-6-9(11)12)5-15-16(7)4-2-3-13/h5,9H,2-4,6,13H2,1H3,(H,14,17). The molecule has 0 fully saturated rings. The molecule has 1 aromatic rings. The second kappa shape index (κ2) is 6.29. The van der Waals surface area contributed by atoms with Crippen molar-refractivity contribution in [2.75, 3.05) is 13.1 Å². The Morgan fingerprint density at radius 3 is 2.94 bits per heavy atom. The predicted molar refractivity (Wildman–Crippen MR) is 59.0 cm³/mol. The van der Waals surface area contributed by atoms with Crippen LogP contribution in [-0.4, -0.2) is 35.2 Å². The minimum Gasteiger partial charge on any atom is -0.346 e. The Hall–Kier alpha value is -1.50. The number of hydrogen-bond donors (Lipinski definition) is 2. The van der Waals surface area contributed by atoms with E-state index in [1.807, 2.05) is 0 Å². The van der Waals surface area contributed by atoms with Gasteiger partial charge in [0.25, 0.3) is 12.3 Å². The largest absolute Gasteiger partial charge is 0.346 e. The van der Waals surface area contributed by atoms with Gasteiger partial charge < -0.3 is 11.1 Å². The zero-order chi connectivity index (χ0) is 12.8. The molecule has 0 radical (unpaired) electrons. The van der Waals surface area contributed by atoms with Crippen molar-refractivity contribution < 1.29 is 13.6 Å². The van der Waals surface area contributed by atoms with Gasteiger partial charge in [-0.15, -0.1) is 0 Å². The summed E-state index contributed by atoms with van der Waals surface area (Å²) in [5, 5.41) is 6.16. The maximum absolute atomic E-state index is 11.9. The van der Waals surface area contributed by atoms with E-state index in [1.54, 1.807) is 11.6 Å². The van der Waals surface area contributed by atoms with Crippen LogP contribution in [0.2, 0.25) is 0 Å². The molecule has 1 rings (SSSR count). The molecule has 0 aliphatic rings. The van der Waals surface area contributed by atoms with Gasteiger partial charge in [0, 0.05) is 12.2 Å². The van der Waals surface area contributed by atoms with Crippen LogP contribution in [0.3, 0.4) is 0 Å². The molecule has 0 saturated carbocycles. The van der Waals surface area contributed by atoms with Gasteiger partial charge >= 0.3 is 0 Å². The minimum atomic E-state index is -2.55. The molecule has 1 heterocycles. The van der Waals surface area contributed by atoms with Crippen LogP contribution in [-0.2, 0) is 6.54 Å². The highest BCUT2D eigenvalue weighted by molar-refractivity contribution is 5.95. The lowest BCUT2D eigenvalue weighted by Crippen LogP contribution is -2.28. The molecule has 7 heteroatoms. The van der Waals surface area contributed by atoms with Crippen LogP contribution in [0.1, 0.15) is 22.5 Å². The summed E-state index contributed by atoms with van der Waals surface area (Å²) in [6.07, 6.45) is -0.417. The monoisotopic (exact) mass is 246 g/mol. The minimum absolute atomic E-state index is 0.322. The summed E-state index contributed by atoms with van der Waals surface area (Å²) in [6.45, 7) is 2.23. The molecule has 0 bridgehead atoms. The van der Waals surface area contributed by atoms with E-state index in [4.69, 9.17) is 5.73 Å². The number of nitrogens with zero attached hydrogens (tertiary/aromatic N) is 2. The molecule has 0 atom stereocenters. The summed E-state index contributed by atoms with van der Waals surface area (Å²) in [5.74, 6) is -0.526. The van der Waals surface area contributed by atoms with Gasteiger partial charge in [0.1, 0.15) is 0 Å². The number of carbonyl (C=O) groups is 1. The summed E-state index contributed by atoms with van der Waals surface area (Å²) < 4.78 is 25.5. The molecule has 3 N–H and O–H groups in total. The number of halogens is 2. The van der Waals surface area contributed by atoms with Crippen molar-refractivity contribution in [3.05, 3.63) is 17.5 Å². The Bertz CT molecular complexity index is 378. The van der Waals surface area contributed by atoms with E-state index in [2.05, 4.69) is 10.4 Å². The predicted octanol–water partition coefficient (Wildman–Crippen LogP) is 0.535. The van der Waals surface area contributed by atoms with Crippen molar-refractivity contribution >= 4 is 5.91 Å². The van der Waals surface area contributed by atoms with Gasteiger partial charge in [0.15, 0.2) is 0 Å². The Balaban J connectivity index is 2.64. The Labute approximate surface area is 98.0 Å². The first kappa shape index (κ1) is 13.6. The van der Waals surface area contributed by atoms with Gasteiger partial charge in [-0.1, -0.05) is 0 Å². The molecule has 0 spiro atoms. The van der Waals surface area contributed by atoms with Crippen molar-refractivity contribution in [2.24, 2.45) is 5.73 Å². The maximum atomic E-state index is 11.9. The van der Waals surface area contributed by atoms with Crippen LogP contribution >= 0.6 is 0 Å². The number of nitrogens with two attached hydrogens (primary N) is 1. The smallest absolute Gasteiger partial charge is 0.255 e. The lowest BCUT2D eigenvalue weighted by molar-refractivity contribution is 0.0891. The number of carbonyl (C=O) groups excluding carboxylic acids is 1. The van der Waals surface area contributed by atoms with E-state index < -0.39 is 18.9 Å². The first-order valence-corrected chi connectivity index (χ1v) is 5.35. The van der Waals surface area contributed by atoms with Crippen molar-refractivity contribution in [3.8, 4) is 0 Å². The van der Waals surface area contributed by atoms with Crippen LogP contribution in [0.15, 0.2) is 6.20 Å². The average molecular weight is 246 g/mol. The third-order valence-corrected chi connectivity index (χ3v) is 2.34. The lowest BCUT2D eigenvalue weighted by Gasteiger charge is -2.05. The second-order valence-electron chi connectivity index (χ2n) is 3.61. The Kier molecular flexibility index (Phi) is 5.02. The normalized spacial score (nSPS) is 10.9. The highest BCUT2D eigenvalue weighted by Crippen LogP contribution is 2.07. The molecule has 17 heavy (non-hydrogen) atoms. The van der Waals surface area contributed by atoms with E-state index in [9.17, 15) is 13.6 Å². The first-order chi connectivity index (χ1) is 8.06. The fourth-order valence-corrected chi connectivity index (χ4v) is 1.40. The molecular formula is C10H16F2N4O. The zero-order valence-corrected chi connectivity index (χ0v) is 9.62. The molecule has 0 unspecified atom stereocenters. The van der Waals surface area contributed by atoms with E-state index in [1.165, 1.54) is 6.20 Å². The van der Waals surface area contributed by atoms with E-state index in [0.717, 1.165) is 6.42 Å². The van der Waals surface area contributed by atoms with E-state index in [-0.39, 0.29) is 0 Å². The third kappa shape index (κ3) is 3.77. The van der Waals surface area contributed by atoms with E-state index >= 15 is 0 Å². The van der Waals surface area contributed by atoms with Crippen LogP contribution in [0.5, 0.6) is 0 Å². The molecule has 1 amide bonds. The Morgan fingerprint density at radius 1 is 1.65 bits per heavy atom. The zero-order valence-electron chi connectivity index (χ0n) is 9.62. The highest BCUT2D eigenvalue weighted by atomic mass is 19.3. The summed E-state index contributed by atoms with van der Waals surface area (Å²) in [4.78, 5) is 11.5. The molecule has 0 aliphatic heterocycles. The lowest BCUT2D eigenvalue weighted by atomic mass is 10.2. The third-order valence-electron chi connectivity index (χ3n) is 2.34. The van der Waals surface area contributed by atoms with Crippen molar-refractivity contribution in [2.45, 2.75) is 26.3 Å². The molecule has 0 aliphatic carbocycles. The highest BCUT2D eigenvalue weighted by Gasteiger charge is 2.15. The topological polar surface area (TPSA) is 72.9 Å². The van der Waals surface area contributed by atoms with Crippen molar-refractivity contribution in [1.29, 1.82) is 0 Å². The maximum Gasteiger partial charge on any atom is 0.255 e. The Morgan fingerprint density at radius 2 is 2.35 bits per heavy atom. The van der Waals surface area contributed by atoms with Gasteiger partial charge in [0.2, 0.25) is 0 Å². The van der Waals surface area contributed by atoms with E-state index in [0.29, 0.717) is 24.3 Å². The van der Waals surface area contributed by atoms with Crippen molar-refractivity contribution in [3.63, 3.8) is 0 Å². The number of aryl methyl sites for hydroxylation is 1. The number of hydrogen-bond acceptors (Lipinski definition) is 3. The number of rotatable bonds is 6. The average Bonchev–Trinajstić information content (AvgIpc) is 2.65. The molecule has 96 valence electrons. The number of aromatic nitrogens is 2. The number of alkyl halides is 2. The molecule has 1 aromatic heterocycles. The fraction of sp³-hybridized carbons (Fsp3) is 0.600. The summed E-state index contributed by atoms with van der Waals surface area (Å²) in [5.41, 5.74) is 6.35. The summed E-state index contributed by atoms with van der Waals surface area (Å²) in [6, 6.07) is 0. The van der Waals surface area contributed by atoms with Crippen LogP contribution in [0, 0.1) is 6.92 Å². The summed E-state index contributed by atoms with van der Waals surface area (Å²) >= 11 is 0.